The molecule has 1 amide bonds. The summed E-state index contributed by atoms with van der Waals surface area (Å²) in [6.07, 6.45) is 0.785. The first-order valence-electron chi connectivity index (χ1n) is 5.57. The van der Waals surface area contributed by atoms with E-state index in [1.807, 2.05) is 6.07 Å². The summed E-state index contributed by atoms with van der Waals surface area (Å²) >= 11 is 0. The lowest BCUT2D eigenvalue weighted by Gasteiger charge is -2.15. The van der Waals surface area contributed by atoms with Gasteiger partial charge in [-0.15, -0.1) is 0 Å². The number of carbonyl (C=O) groups excluding carboxylic acids is 1. The van der Waals surface area contributed by atoms with Crippen molar-refractivity contribution in [3.63, 3.8) is 0 Å². The van der Waals surface area contributed by atoms with E-state index in [0.29, 0.717) is 17.4 Å². The standard InChI is InChI=1S/C13H13N3O3/c1-16(11-8-12(18-2)15-9-14-11)13(17)19-10-6-4-3-5-7-10/h3-9H,1-2H3. The number of nitrogens with zero attached hydrogens (tertiary/aromatic N) is 3. The zero-order chi connectivity index (χ0) is 13.7. The minimum Gasteiger partial charge on any atom is -0.481 e. The first kappa shape index (κ1) is 12.8. The minimum atomic E-state index is -0.535. The Morgan fingerprint density at radius 3 is 2.63 bits per heavy atom. The van der Waals surface area contributed by atoms with Crippen molar-refractivity contribution in [3.05, 3.63) is 42.7 Å². The molecule has 0 radical (unpaired) electrons. The topological polar surface area (TPSA) is 64.5 Å². The van der Waals surface area contributed by atoms with E-state index in [4.69, 9.17) is 9.47 Å². The first-order valence-corrected chi connectivity index (χ1v) is 5.57. The highest BCUT2D eigenvalue weighted by atomic mass is 16.6. The van der Waals surface area contributed by atoms with Gasteiger partial charge in [-0.25, -0.2) is 14.8 Å². The van der Waals surface area contributed by atoms with E-state index in [1.54, 1.807) is 37.4 Å². The zero-order valence-electron chi connectivity index (χ0n) is 10.6. The van der Waals surface area contributed by atoms with Crippen molar-refractivity contribution in [1.82, 2.24) is 9.97 Å². The second kappa shape index (κ2) is 5.81. The van der Waals surface area contributed by atoms with Gasteiger partial charge in [0.2, 0.25) is 5.88 Å². The molecule has 0 aliphatic heterocycles. The van der Waals surface area contributed by atoms with E-state index >= 15 is 0 Å². The Morgan fingerprint density at radius 2 is 1.95 bits per heavy atom. The molecule has 1 heterocycles. The normalized spacial score (nSPS) is 9.79. The van der Waals surface area contributed by atoms with Crippen LogP contribution in [0.1, 0.15) is 0 Å². The second-order valence-corrected chi connectivity index (χ2v) is 3.66. The molecule has 0 unspecified atom stereocenters. The van der Waals surface area contributed by atoms with Gasteiger partial charge in [0, 0.05) is 13.1 Å². The summed E-state index contributed by atoms with van der Waals surface area (Å²) in [6.45, 7) is 0. The maximum atomic E-state index is 11.9. The number of benzene rings is 1. The summed E-state index contributed by atoms with van der Waals surface area (Å²) in [5.41, 5.74) is 0. The molecule has 1 aromatic heterocycles. The van der Waals surface area contributed by atoms with Crippen molar-refractivity contribution in [2.24, 2.45) is 0 Å². The van der Waals surface area contributed by atoms with Crippen LogP contribution in [0.4, 0.5) is 10.6 Å². The Labute approximate surface area is 110 Å². The maximum absolute atomic E-state index is 11.9. The summed E-state index contributed by atoms with van der Waals surface area (Å²) in [5, 5.41) is 0. The SMILES string of the molecule is COc1cc(N(C)C(=O)Oc2ccccc2)ncn1. The quantitative estimate of drug-likeness (QED) is 0.844. The molecule has 0 fully saturated rings. The second-order valence-electron chi connectivity index (χ2n) is 3.66. The van der Waals surface area contributed by atoms with Crippen LogP contribution < -0.4 is 14.4 Å². The van der Waals surface area contributed by atoms with Crippen molar-refractivity contribution in [1.29, 1.82) is 0 Å². The first-order chi connectivity index (χ1) is 9.20. The number of anilines is 1. The molecule has 1 aromatic carbocycles. The summed E-state index contributed by atoms with van der Waals surface area (Å²) < 4.78 is 10.2. The fourth-order valence-electron chi connectivity index (χ4n) is 1.38. The van der Waals surface area contributed by atoms with Crippen LogP contribution in [0.25, 0.3) is 0 Å². The number of carbonyl (C=O) groups is 1. The average Bonchev–Trinajstić information content (AvgIpc) is 2.47. The Hall–Kier alpha value is -2.63. The minimum absolute atomic E-state index is 0.379. The van der Waals surface area contributed by atoms with Crippen molar-refractivity contribution in [2.45, 2.75) is 0 Å². The van der Waals surface area contributed by atoms with Gasteiger partial charge >= 0.3 is 6.09 Å². The molecule has 0 saturated heterocycles. The molecule has 6 nitrogen and oxygen atoms in total. The van der Waals surface area contributed by atoms with Gasteiger partial charge in [0.15, 0.2) is 0 Å². The van der Waals surface area contributed by atoms with Gasteiger partial charge < -0.3 is 9.47 Å². The molecule has 98 valence electrons. The third kappa shape index (κ3) is 3.19. The summed E-state index contributed by atoms with van der Waals surface area (Å²) in [4.78, 5) is 21.0. The number of para-hydroxylation sites is 1. The van der Waals surface area contributed by atoms with Crippen LogP contribution in [-0.4, -0.2) is 30.2 Å². The highest BCUT2D eigenvalue weighted by Crippen LogP contribution is 2.16. The molecule has 0 aliphatic carbocycles. The van der Waals surface area contributed by atoms with Crippen molar-refractivity contribution < 1.29 is 14.3 Å². The Morgan fingerprint density at radius 1 is 1.21 bits per heavy atom. The molecular weight excluding hydrogens is 246 g/mol. The van der Waals surface area contributed by atoms with Crippen molar-refractivity contribution in [3.8, 4) is 11.6 Å². The fraction of sp³-hybridized carbons (Fsp3) is 0.154. The van der Waals surface area contributed by atoms with Gasteiger partial charge in [0.1, 0.15) is 17.9 Å². The fourth-order valence-corrected chi connectivity index (χ4v) is 1.38. The number of hydrogen-bond donors (Lipinski definition) is 0. The van der Waals surface area contributed by atoms with Crippen LogP contribution in [0.2, 0.25) is 0 Å². The Kier molecular flexibility index (Phi) is 3.92. The Bertz CT molecular complexity index is 560. The molecule has 6 heteroatoms. The molecule has 0 saturated carbocycles. The number of ether oxygens (including phenoxy) is 2. The average molecular weight is 259 g/mol. The largest absolute Gasteiger partial charge is 0.481 e. The Balaban J connectivity index is 2.10. The number of amides is 1. The van der Waals surface area contributed by atoms with Crippen molar-refractivity contribution >= 4 is 11.9 Å². The molecule has 0 N–H and O–H groups in total. The smallest absolute Gasteiger partial charge is 0.420 e. The van der Waals surface area contributed by atoms with E-state index in [1.165, 1.54) is 18.3 Å². The van der Waals surface area contributed by atoms with E-state index < -0.39 is 6.09 Å². The van der Waals surface area contributed by atoms with Gasteiger partial charge in [-0.05, 0) is 12.1 Å². The molecule has 2 rings (SSSR count). The number of rotatable bonds is 3. The van der Waals surface area contributed by atoms with Gasteiger partial charge in [-0.3, -0.25) is 4.90 Å². The van der Waals surface area contributed by atoms with Gasteiger partial charge in [-0.1, -0.05) is 18.2 Å². The highest BCUT2D eigenvalue weighted by molar-refractivity contribution is 5.87. The van der Waals surface area contributed by atoms with Gasteiger partial charge in [0.25, 0.3) is 0 Å². The monoisotopic (exact) mass is 259 g/mol. The summed E-state index contributed by atoms with van der Waals surface area (Å²) in [7, 11) is 3.06. The third-order valence-electron chi connectivity index (χ3n) is 2.40. The lowest BCUT2D eigenvalue weighted by molar-refractivity contribution is 0.209. The molecular formula is C13H13N3O3. The van der Waals surface area contributed by atoms with Gasteiger partial charge in [0.05, 0.1) is 7.11 Å². The third-order valence-corrected chi connectivity index (χ3v) is 2.40. The number of methoxy groups -OCH3 is 1. The van der Waals surface area contributed by atoms with Crippen LogP contribution in [-0.2, 0) is 0 Å². The maximum Gasteiger partial charge on any atom is 0.420 e. The molecule has 2 aromatic rings. The summed E-state index contributed by atoms with van der Waals surface area (Å²) in [6, 6.07) is 10.4. The molecule has 0 aliphatic rings. The lowest BCUT2D eigenvalue weighted by Crippen LogP contribution is -2.30. The number of hydrogen-bond acceptors (Lipinski definition) is 5. The molecule has 19 heavy (non-hydrogen) atoms. The predicted octanol–water partition coefficient (Wildman–Crippen LogP) is 2.12. The van der Waals surface area contributed by atoms with Crippen molar-refractivity contribution in [2.75, 3.05) is 19.1 Å². The van der Waals surface area contributed by atoms with Crippen LogP contribution in [0.3, 0.4) is 0 Å². The van der Waals surface area contributed by atoms with E-state index in [-0.39, 0.29) is 0 Å². The van der Waals surface area contributed by atoms with E-state index in [0.717, 1.165) is 0 Å². The van der Waals surface area contributed by atoms with Crippen LogP contribution in [0.15, 0.2) is 42.7 Å². The zero-order valence-corrected chi connectivity index (χ0v) is 10.6. The highest BCUT2D eigenvalue weighted by Gasteiger charge is 2.15. The molecule has 0 bridgehead atoms. The predicted molar refractivity (Wildman–Crippen MR) is 69.5 cm³/mol. The molecule has 0 spiro atoms. The molecule has 0 atom stereocenters. The lowest BCUT2D eigenvalue weighted by atomic mass is 10.3. The van der Waals surface area contributed by atoms with E-state index in [9.17, 15) is 4.79 Å². The van der Waals surface area contributed by atoms with Crippen LogP contribution in [0, 0.1) is 0 Å². The van der Waals surface area contributed by atoms with Crippen LogP contribution in [0.5, 0.6) is 11.6 Å². The number of aromatic nitrogens is 2. The van der Waals surface area contributed by atoms with Gasteiger partial charge in [-0.2, -0.15) is 0 Å². The van der Waals surface area contributed by atoms with Crippen LogP contribution >= 0.6 is 0 Å². The summed E-state index contributed by atoms with van der Waals surface area (Å²) in [5.74, 6) is 1.25. The van der Waals surface area contributed by atoms with E-state index in [2.05, 4.69) is 9.97 Å².